The number of ether oxygens (including phenoxy) is 6. The highest BCUT2D eigenvalue weighted by atomic mass is 16.6. The number of carbonyl (C=O) groups excluding carboxylic acids is 6. The number of aryl methyl sites for hydroxylation is 6. The Labute approximate surface area is 465 Å². The van der Waals surface area contributed by atoms with Gasteiger partial charge in [-0.25, -0.2) is 28.8 Å². The number of benzene rings is 6. The standard InChI is InChI=1S/C65H63N3O12/c1-14-58(69)78-55-28-37(8)49(25-40(55)11)62(50-26-41(12)56(29-38(50)9)79-59(70)15-2)51-27-42(13)57(30-39(51)10)80-60(71)18-16-17-36(7)65(74)77-45-21-24-48(54(68)33-45)61(46-22-19-43(31-52(46)66)75-63(72)34(3)4)47-23-20-44(32-53(47)67)76-64(73)35(5)6/h14-33,61-62H,1-3,5,66-68H2,4,6-13H3/b18-16+,36-17+. The van der Waals surface area contributed by atoms with E-state index in [1.807, 2.05) is 71.9 Å². The van der Waals surface area contributed by atoms with Crippen LogP contribution in [0, 0.1) is 41.5 Å². The lowest BCUT2D eigenvalue weighted by Crippen LogP contribution is -2.14. The molecular weight excluding hydrogens is 1010 g/mol. The van der Waals surface area contributed by atoms with E-state index in [-0.39, 0.29) is 56.9 Å². The van der Waals surface area contributed by atoms with Crippen LogP contribution in [0.2, 0.25) is 0 Å². The molecule has 0 aliphatic heterocycles. The third kappa shape index (κ3) is 14.1. The van der Waals surface area contributed by atoms with Gasteiger partial charge in [-0.05, 0) is 165 Å². The summed E-state index contributed by atoms with van der Waals surface area (Å²) in [5.41, 5.74) is 30.1. The van der Waals surface area contributed by atoms with Crippen LogP contribution in [0.15, 0.2) is 164 Å². The molecule has 6 rings (SSSR count). The van der Waals surface area contributed by atoms with Gasteiger partial charge >= 0.3 is 35.8 Å². The number of rotatable bonds is 19. The molecule has 0 aromatic heterocycles. The summed E-state index contributed by atoms with van der Waals surface area (Å²) in [5.74, 6) is -3.36. The van der Waals surface area contributed by atoms with Crippen molar-refractivity contribution in [1.29, 1.82) is 0 Å². The summed E-state index contributed by atoms with van der Waals surface area (Å²) < 4.78 is 33.4. The lowest BCUT2D eigenvalue weighted by molar-refractivity contribution is -0.131. The van der Waals surface area contributed by atoms with E-state index in [2.05, 4.69) is 26.3 Å². The molecule has 80 heavy (non-hydrogen) atoms. The van der Waals surface area contributed by atoms with E-state index in [4.69, 9.17) is 45.6 Å². The van der Waals surface area contributed by atoms with E-state index in [0.717, 1.165) is 56.7 Å². The summed E-state index contributed by atoms with van der Waals surface area (Å²) in [5, 5.41) is 0. The number of hydrogen-bond donors (Lipinski definition) is 3. The predicted molar refractivity (Wildman–Crippen MR) is 309 cm³/mol. The molecule has 0 aliphatic rings. The Morgan fingerprint density at radius 2 is 0.725 bits per heavy atom. The second kappa shape index (κ2) is 25.4. The number of nitrogens with two attached hydrogens (primary N) is 3. The smallest absolute Gasteiger partial charge is 0.339 e. The van der Waals surface area contributed by atoms with Crippen molar-refractivity contribution in [2.45, 2.75) is 74.1 Å². The Balaban J connectivity index is 1.23. The third-order valence-electron chi connectivity index (χ3n) is 12.9. The first-order valence-electron chi connectivity index (χ1n) is 25.0. The Bertz CT molecular complexity index is 3480. The fourth-order valence-electron chi connectivity index (χ4n) is 8.70. The molecule has 15 nitrogen and oxygen atoms in total. The SMILES string of the molecule is C=CC(=O)Oc1cc(C)c(C(c2cc(C)c(OC(=O)C=C)cc2C)c2cc(C)c(OC(=O)/C=C/C=C(\C)C(=O)Oc3ccc(C(c4ccc(OC(=O)C(=C)C)cc4N)c4ccc(OC(=O)C(=C)C)cc4N)c(N)c3)cc2C)cc1C. The molecule has 0 saturated heterocycles. The maximum Gasteiger partial charge on any atom is 0.339 e. The molecular formula is C65H63N3O12. The third-order valence-corrected chi connectivity index (χ3v) is 12.9. The van der Waals surface area contributed by atoms with Crippen LogP contribution in [0.5, 0.6) is 34.5 Å². The zero-order valence-corrected chi connectivity index (χ0v) is 46.2. The molecule has 6 N–H and O–H groups in total. The fourth-order valence-corrected chi connectivity index (χ4v) is 8.70. The lowest BCUT2D eigenvalue weighted by Gasteiger charge is -2.27. The van der Waals surface area contributed by atoms with Gasteiger partial charge in [0.1, 0.15) is 34.5 Å². The van der Waals surface area contributed by atoms with Crippen molar-refractivity contribution in [2.24, 2.45) is 0 Å². The zero-order valence-electron chi connectivity index (χ0n) is 46.2. The Hall–Kier alpha value is -10.0. The van der Waals surface area contributed by atoms with E-state index >= 15 is 0 Å². The molecule has 0 unspecified atom stereocenters. The summed E-state index contributed by atoms with van der Waals surface area (Å²) in [7, 11) is 0. The minimum Gasteiger partial charge on any atom is -0.423 e. The van der Waals surface area contributed by atoms with Crippen LogP contribution < -0.4 is 45.6 Å². The highest BCUT2D eigenvalue weighted by Crippen LogP contribution is 2.45. The number of nitrogen functional groups attached to an aromatic ring is 3. The van der Waals surface area contributed by atoms with Gasteiger partial charge in [-0.3, -0.25) is 0 Å². The molecule has 0 heterocycles. The van der Waals surface area contributed by atoms with Gasteiger partial charge < -0.3 is 45.6 Å². The van der Waals surface area contributed by atoms with Crippen LogP contribution in [0.1, 0.15) is 99.4 Å². The van der Waals surface area contributed by atoms with Crippen LogP contribution in [0.25, 0.3) is 0 Å². The molecule has 0 fully saturated rings. The van der Waals surface area contributed by atoms with Crippen LogP contribution in [0.4, 0.5) is 17.1 Å². The highest BCUT2D eigenvalue weighted by Gasteiger charge is 2.28. The monoisotopic (exact) mass is 1080 g/mol. The van der Waals surface area contributed by atoms with E-state index in [0.29, 0.717) is 39.5 Å². The molecule has 0 amide bonds. The van der Waals surface area contributed by atoms with Crippen LogP contribution in [0.3, 0.4) is 0 Å². The highest BCUT2D eigenvalue weighted by molar-refractivity contribution is 5.92. The topological polar surface area (TPSA) is 236 Å². The van der Waals surface area contributed by atoms with E-state index in [9.17, 15) is 28.8 Å². The average molecular weight is 1080 g/mol. The molecule has 0 bridgehead atoms. The normalized spacial score (nSPS) is 11.2. The minimum absolute atomic E-state index is 0.111. The summed E-state index contributed by atoms with van der Waals surface area (Å²) in [6.07, 6.45) is 6.17. The van der Waals surface area contributed by atoms with Gasteiger partial charge in [0.15, 0.2) is 0 Å². The first-order chi connectivity index (χ1) is 37.8. The molecule has 0 radical (unpaired) electrons. The second-order valence-corrected chi connectivity index (χ2v) is 19.3. The maximum absolute atomic E-state index is 13.4. The lowest BCUT2D eigenvalue weighted by atomic mass is 9.78. The molecule has 0 saturated carbocycles. The van der Waals surface area contributed by atoms with Gasteiger partial charge in [-0.1, -0.05) is 74.9 Å². The van der Waals surface area contributed by atoms with Crippen molar-refractivity contribution in [3.05, 3.63) is 231 Å². The van der Waals surface area contributed by atoms with E-state index in [1.165, 1.54) is 57.2 Å². The first kappa shape index (κ1) is 59.2. The fraction of sp³-hybridized carbons (Fsp3) is 0.169. The molecule has 6 aromatic rings. The van der Waals surface area contributed by atoms with Crippen molar-refractivity contribution in [2.75, 3.05) is 17.2 Å². The number of anilines is 3. The predicted octanol–water partition coefficient (Wildman–Crippen LogP) is 11.8. The quantitative estimate of drug-likeness (QED) is 0.0171. The second-order valence-electron chi connectivity index (χ2n) is 19.3. The summed E-state index contributed by atoms with van der Waals surface area (Å²) in [6, 6.07) is 25.5. The minimum atomic E-state index is -0.729. The van der Waals surface area contributed by atoms with Crippen molar-refractivity contribution < 1.29 is 57.2 Å². The van der Waals surface area contributed by atoms with Crippen LogP contribution in [-0.2, 0) is 28.8 Å². The van der Waals surface area contributed by atoms with Gasteiger partial charge in [0.05, 0.1) is 0 Å². The number of hydrogen-bond acceptors (Lipinski definition) is 15. The number of allylic oxidation sites excluding steroid dienone is 2. The Morgan fingerprint density at radius 1 is 0.412 bits per heavy atom. The van der Waals surface area contributed by atoms with Crippen molar-refractivity contribution in [1.82, 2.24) is 0 Å². The molecule has 410 valence electrons. The van der Waals surface area contributed by atoms with Crippen molar-refractivity contribution in [3.63, 3.8) is 0 Å². The maximum atomic E-state index is 13.4. The van der Waals surface area contributed by atoms with Gasteiger partial charge in [0.25, 0.3) is 0 Å². The van der Waals surface area contributed by atoms with Crippen LogP contribution in [-0.4, -0.2) is 35.8 Å². The van der Waals surface area contributed by atoms with Gasteiger partial charge in [-0.2, -0.15) is 0 Å². The van der Waals surface area contributed by atoms with E-state index < -0.39 is 41.7 Å². The zero-order chi connectivity index (χ0) is 58.9. The molecule has 0 spiro atoms. The first-order valence-corrected chi connectivity index (χ1v) is 25.0. The van der Waals surface area contributed by atoms with Crippen molar-refractivity contribution in [3.8, 4) is 34.5 Å². The largest absolute Gasteiger partial charge is 0.423 e. The summed E-state index contributed by atoms with van der Waals surface area (Å²) in [6.45, 7) is 30.2. The van der Waals surface area contributed by atoms with Gasteiger partial charge in [0.2, 0.25) is 0 Å². The summed E-state index contributed by atoms with van der Waals surface area (Å²) in [4.78, 5) is 75.7. The molecule has 0 atom stereocenters. The van der Waals surface area contributed by atoms with Crippen LogP contribution >= 0.6 is 0 Å². The molecule has 0 aliphatic carbocycles. The Kier molecular flexibility index (Phi) is 18.8. The number of carbonyl (C=O) groups is 6. The average Bonchev–Trinajstić information content (AvgIpc) is 3.52. The Morgan fingerprint density at radius 3 is 1.04 bits per heavy atom. The number of esters is 6. The molecule has 6 aromatic carbocycles. The summed E-state index contributed by atoms with van der Waals surface area (Å²) >= 11 is 0. The van der Waals surface area contributed by atoms with Crippen molar-refractivity contribution >= 4 is 52.9 Å². The van der Waals surface area contributed by atoms with E-state index in [1.54, 1.807) is 42.5 Å². The molecule has 15 heteroatoms. The van der Waals surface area contributed by atoms with Gasteiger partial charge in [0, 0.05) is 82.0 Å². The van der Waals surface area contributed by atoms with Gasteiger partial charge in [-0.15, -0.1) is 0 Å².